The zero-order valence-corrected chi connectivity index (χ0v) is 13.8. The van der Waals surface area contributed by atoms with Crippen LogP contribution in [0.1, 0.15) is 6.42 Å². The van der Waals surface area contributed by atoms with E-state index in [-0.39, 0.29) is 18.5 Å². The molecule has 0 atom stereocenters. The van der Waals surface area contributed by atoms with Crippen LogP contribution in [-0.4, -0.2) is 30.5 Å². The molecule has 0 aliphatic carbocycles. The van der Waals surface area contributed by atoms with Crippen molar-refractivity contribution in [3.05, 3.63) is 71.1 Å². The van der Waals surface area contributed by atoms with Gasteiger partial charge in [-0.05, 0) is 12.1 Å². The summed E-state index contributed by atoms with van der Waals surface area (Å²) in [5.41, 5.74) is 3.70. The molecule has 0 aliphatic heterocycles. The second-order valence-corrected chi connectivity index (χ2v) is 5.92. The third-order valence-corrected chi connectivity index (χ3v) is 4.20. The van der Waals surface area contributed by atoms with Gasteiger partial charge in [-0.2, -0.15) is 5.10 Å². The number of aryl methyl sites for hydroxylation is 1. The SMILES string of the molecule is O=C(O)CCn1[nH]c(-c2c(-c3ccccc3)nn3ccccc23)cc1=O. The first kappa shape index (κ1) is 15.9. The summed E-state index contributed by atoms with van der Waals surface area (Å²) >= 11 is 0. The summed E-state index contributed by atoms with van der Waals surface area (Å²) in [5, 5.41) is 16.5. The smallest absolute Gasteiger partial charge is 0.305 e. The number of carbonyl (C=O) groups is 1. The Kier molecular flexibility index (Phi) is 3.89. The van der Waals surface area contributed by atoms with E-state index in [0.29, 0.717) is 5.69 Å². The predicted octanol–water partition coefficient (Wildman–Crippen LogP) is 2.63. The van der Waals surface area contributed by atoms with E-state index in [1.807, 2.05) is 54.7 Å². The van der Waals surface area contributed by atoms with Crippen LogP contribution in [0, 0.1) is 0 Å². The van der Waals surface area contributed by atoms with Gasteiger partial charge in [0.2, 0.25) is 0 Å². The molecule has 4 rings (SSSR count). The van der Waals surface area contributed by atoms with Gasteiger partial charge < -0.3 is 5.11 Å². The van der Waals surface area contributed by atoms with Crippen molar-refractivity contribution in [3.63, 3.8) is 0 Å². The molecule has 0 bridgehead atoms. The van der Waals surface area contributed by atoms with E-state index >= 15 is 0 Å². The highest BCUT2D eigenvalue weighted by molar-refractivity contribution is 5.90. The quantitative estimate of drug-likeness (QED) is 0.580. The number of rotatable bonds is 5. The number of aliphatic carboxylic acids is 1. The molecule has 0 spiro atoms. The Bertz CT molecular complexity index is 1140. The first-order valence-electron chi connectivity index (χ1n) is 8.18. The third kappa shape index (κ3) is 2.79. The molecule has 2 N–H and O–H groups in total. The fraction of sp³-hybridized carbons (Fsp3) is 0.105. The van der Waals surface area contributed by atoms with Crippen LogP contribution < -0.4 is 5.56 Å². The van der Waals surface area contributed by atoms with E-state index in [9.17, 15) is 9.59 Å². The van der Waals surface area contributed by atoms with E-state index in [1.54, 1.807) is 4.52 Å². The highest BCUT2D eigenvalue weighted by Gasteiger charge is 2.18. The molecule has 130 valence electrons. The largest absolute Gasteiger partial charge is 0.481 e. The van der Waals surface area contributed by atoms with Crippen LogP contribution in [0.5, 0.6) is 0 Å². The molecule has 3 heterocycles. The van der Waals surface area contributed by atoms with Crippen molar-refractivity contribution in [1.29, 1.82) is 0 Å². The van der Waals surface area contributed by atoms with Gasteiger partial charge in [-0.15, -0.1) is 0 Å². The molecule has 0 unspecified atom stereocenters. The number of H-pyrrole nitrogens is 1. The number of fused-ring (bicyclic) bond motifs is 1. The highest BCUT2D eigenvalue weighted by atomic mass is 16.4. The normalized spacial score (nSPS) is 11.1. The predicted molar refractivity (Wildman–Crippen MR) is 96.9 cm³/mol. The van der Waals surface area contributed by atoms with Crippen LogP contribution in [-0.2, 0) is 11.3 Å². The van der Waals surface area contributed by atoms with Crippen molar-refractivity contribution in [2.75, 3.05) is 0 Å². The molecule has 26 heavy (non-hydrogen) atoms. The molecule has 1 aromatic carbocycles. The van der Waals surface area contributed by atoms with Gasteiger partial charge in [-0.25, -0.2) is 4.52 Å². The van der Waals surface area contributed by atoms with Crippen molar-refractivity contribution >= 4 is 11.5 Å². The van der Waals surface area contributed by atoms with Crippen molar-refractivity contribution in [3.8, 4) is 22.5 Å². The summed E-state index contributed by atoms with van der Waals surface area (Å²) in [5.74, 6) is -0.950. The molecule has 7 nitrogen and oxygen atoms in total. The highest BCUT2D eigenvalue weighted by Crippen LogP contribution is 2.33. The third-order valence-electron chi connectivity index (χ3n) is 4.20. The van der Waals surface area contributed by atoms with E-state index in [1.165, 1.54) is 10.7 Å². The van der Waals surface area contributed by atoms with Gasteiger partial charge in [-0.3, -0.25) is 19.4 Å². The summed E-state index contributed by atoms with van der Waals surface area (Å²) in [4.78, 5) is 23.0. The molecule has 0 fully saturated rings. The van der Waals surface area contributed by atoms with Gasteiger partial charge in [0.1, 0.15) is 5.69 Å². The summed E-state index contributed by atoms with van der Waals surface area (Å²) < 4.78 is 3.08. The summed E-state index contributed by atoms with van der Waals surface area (Å²) in [7, 11) is 0. The molecular formula is C19H16N4O3. The van der Waals surface area contributed by atoms with E-state index < -0.39 is 5.97 Å². The molecule has 0 radical (unpaired) electrons. The van der Waals surface area contributed by atoms with Crippen LogP contribution >= 0.6 is 0 Å². The molecule has 0 saturated carbocycles. The van der Waals surface area contributed by atoms with Gasteiger partial charge in [-0.1, -0.05) is 36.4 Å². The van der Waals surface area contributed by atoms with E-state index in [2.05, 4.69) is 10.2 Å². The summed E-state index contributed by atoms with van der Waals surface area (Å²) in [6.07, 6.45) is 1.73. The Balaban J connectivity index is 1.90. The Morgan fingerprint density at radius 3 is 2.65 bits per heavy atom. The average molecular weight is 348 g/mol. The van der Waals surface area contributed by atoms with Crippen LogP contribution in [0.4, 0.5) is 0 Å². The van der Waals surface area contributed by atoms with Crippen LogP contribution in [0.25, 0.3) is 28.0 Å². The second kappa shape index (κ2) is 6.36. The van der Waals surface area contributed by atoms with Gasteiger partial charge >= 0.3 is 5.97 Å². The number of hydrogen-bond acceptors (Lipinski definition) is 3. The van der Waals surface area contributed by atoms with Crippen molar-refractivity contribution in [2.45, 2.75) is 13.0 Å². The maximum absolute atomic E-state index is 12.2. The Morgan fingerprint density at radius 2 is 1.88 bits per heavy atom. The zero-order chi connectivity index (χ0) is 18.1. The maximum atomic E-state index is 12.2. The monoisotopic (exact) mass is 348 g/mol. The lowest BCUT2D eigenvalue weighted by Crippen LogP contribution is -2.17. The van der Waals surface area contributed by atoms with E-state index in [0.717, 1.165) is 22.3 Å². The molecule has 7 heteroatoms. The van der Waals surface area contributed by atoms with Crippen LogP contribution in [0.15, 0.2) is 65.6 Å². The van der Waals surface area contributed by atoms with Gasteiger partial charge in [0.05, 0.1) is 29.7 Å². The number of carboxylic acids is 1. The number of aromatic nitrogens is 4. The standard InChI is InChI=1S/C19H16N4O3/c24-16-12-14(20-23(16)11-9-17(25)26)18-15-8-4-5-10-22(15)21-19(18)13-6-2-1-3-7-13/h1-8,10,12,20H,9,11H2,(H,25,26). The minimum Gasteiger partial charge on any atom is -0.481 e. The lowest BCUT2D eigenvalue weighted by molar-refractivity contribution is -0.137. The first-order valence-corrected chi connectivity index (χ1v) is 8.18. The number of hydrogen-bond donors (Lipinski definition) is 2. The minimum absolute atomic E-state index is 0.0913. The second-order valence-electron chi connectivity index (χ2n) is 5.92. The maximum Gasteiger partial charge on any atom is 0.305 e. The Morgan fingerprint density at radius 1 is 1.12 bits per heavy atom. The Hall–Kier alpha value is -3.61. The molecule has 0 aliphatic rings. The topological polar surface area (TPSA) is 92.4 Å². The molecule has 0 saturated heterocycles. The first-order chi connectivity index (χ1) is 12.6. The number of carboxylic acid groups (broad SMARTS) is 1. The zero-order valence-electron chi connectivity index (χ0n) is 13.8. The number of pyridine rings is 1. The Labute approximate surface area is 148 Å². The van der Waals surface area contributed by atoms with Gasteiger partial charge in [0.15, 0.2) is 0 Å². The fourth-order valence-electron chi connectivity index (χ4n) is 3.00. The number of nitrogens with zero attached hydrogens (tertiary/aromatic N) is 3. The van der Waals surface area contributed by atoms with Crippen molar-refractivity contribution in [1.82, 2.24) is 19.4 Å². The molecule has 3 aromatic heterocycles. The molecule has 0 amide bonds. The summed E-state index contributed by atoms with van der Waals surface area (Å²) in [6, 6.07) is 16.9. The average Bonchev–Trinajstić information content (AvgIpc) is 3.21. The van der Waals surface area contributed by atoms with Gasteiger partial charge in [0, 0.05) is 17.8 Å². The van der Waals surface area contributed by atoms with Crippen molar-refractivity contribution in [2.24, 2.45) is 0 Å². The number of nitrogens with one attached hydrogen (secondary N) is 1. The number of aromatic amines is 1. The molecular weight excluding hydrogens is 332 g/mol. The minimum atomic E-state index is -0.950. The fourth-order valence-corrected chi connectivity index (χ4v) is 3.00. The van der Waals surface area contributed by atoms with Crippen LogP contribution in [0.2, 0.25) is 0 Å². The summed E-state index contributed by atoms with van der Waals surface area (Å²) in [6.45, 7) is 0.0913. The van der Waals surface area contributed by atoms with Gasteiger partial charge in [0.25, 0.3) is 5.56 Å². The lowest BCUT2D eigenvalue weighted by Gasteiger charge is -2.02. The lowest BCUT2D eigenvalue weighted by atomic mass is 10.0. The van der Waals surface area contributed by atoms with E-state index in [4.69, 9.17) is 5.11 Å². The van der Waals surface area contributed by atoms with Crippen LogP contribution in [0.3, 0.4) is 0 Å². The number of benzene rings is 1. The molecule has 4 aromatic rings. The van der Waals surface area contributed by atoms with Crippen molar-refractivity contribution < 1.29 is 9.90 Å².